The normalized spacial score (nSPS) is 15.6. The fourth-order valence-electron chi connectivity index (χ4n) is 3.00. The molecule has 1 aromatic rings. The molecule has 0 aliphatic rings. The maximum Gasteiger partial charge on any atom is 0.221 e. The van der Waals surface area contributed by atoms with E-state index < -0.39 is 0 Å². The minimum Gasteiger partial charge on any atom is -0.350 e. The van der Waals surface area contributed by atoms with Crippen LogP contribution in [-0.4, -0.2) is 18.0 Å². The zero-order chi connectivity index (χ0) is 16.0. The van der Waals surface area contributed by atoms with Gasteiger partial charge in [0.1, 0.15) is 0 Å². The van der Waals surface area contributed by atoms with Crippen molar-refractivity contribution in [3.63, 3.8) is 0 Å². The molecule has 21 heavy (non-hydrogen) atoms. The molecule has 118 valence electrons. The third kappa shape index (κ3) is 5.50. The lowest BCUT2D eigenvalue weighted by Gasteiger charge is -2.31. The Morgan fingerprint density at radius 2 is 1.90 bits per heavy atom. The van der Waals surface area contributed by atoms with Gasteiger partial charge < -0.3 is 11.1 Å². The van der Waals surface area contributed by atoms with Crippen LogP contribution < -0.4 is 11.1 Å². The van der Waals surface area contributed by atoms with Gasteiger partial charge in [-0.3, -0.25) is 4.79 Å². The minimum atomic E-state index is -0.309. The topological polar surface area (TPSA) is 55.1 Å². The van der Waals surface area contributed by atoms with Gasteiger partial charge in [-0.1, -0.05) is 45.0 Å². The summed E-state index contributed by atoms with van der Waals surface area (Å²) in [6.07, 6.45) is 1.40. The molecule has 1 amide bonds. The van der Waals surface area contributed by atoms with E-state index in [4.69, 9.17) is 5.73 Å². The minimum absolute atomic E-state index is 0.0827. The molecule has 2 unspecified atom stereocenters. The zero-order valence-corrected chi connectivity index (χ0v) is 14.1. The second-order valence-electron chi connectivity index (χ2n) is 6.87. The van der Waals surface area contributed by atoms with Gasteiger partial charge in [0, 0.05) is 18.5 Å². The van der Waals surface area contributed by atoms with Crippen LogP contribution in [0.15, 0.2) is 24.3 Å². The van der Waals surface area contributed by atoms with Crippen molar-refractivity contribution in [2.45, 2.75) is 58.9 Å². The van der Waals surface area contributed by atoms with Crippen LogP contribution in [0, 0.1) is 12.8 Å². The molecule has 0 heterocycles. The van der Waals surface area contributed by atoms with Crippen molar-refractivity contribution in [2.75, 3.05) is 6.54 Å². The molecule has 3 heteroatoms. The fourth-order valence-corrected chi connectivity index (χ4v) is 3.00. The molecule has 0 radical (unpaired) electrons. The van der Waals surface area contributed by atoms with Crippen molar-refractivity contribution in [3.8, 4) is 0 Å². The van der Waals surface area contributed by atoms with Crippen LogP contribution in [-0.2, 0) is 4.79 Å². The highest BCUT2D eigenvalue weighted by molar-refractivity contribution is 5.77. The molecule has 2 atom stereocenters. The smallest absolute Gasteiger partial charge is 0.221 e. The molecule has 0 spiro atoms. The number of nitrogens with two attached hydrogens (primary N) is 1. The van der Waals surface area contributed by atoms with E-state index in [0.717, 1.165) is 6.42 Å². The van der Waals surface area contributed by atoms with Crippen molar-refractivity contribution in [2.24, 2.45) is 11.7 Å². The van der Waals surface area contributed by atoms with Crippen molar-refractivity contribution in [1.29, 1.82) is 0 Å². The second kappa shape index (κ2) is 7.60. The monoisotopic (exact) mass is 290 g/mol. The summed E-state index contributed by atoms with van der Waals surface area (Å²) in [7, 11) is 0. The van der Waals surface area contributed by atoms with Crippen molar-refractivity contribution < 1.29 is 4.79 Å². The molecule has 3 nitrogen and oxygen atoms in total. The van der Waals surface area contributed by atoms with E-state index in [1.54, 1.807) is 0 Å². The third-order valence-electron chi connectivity index (χ3n) is 3.96. The summed E-state index contributed by atoms with van der Waals surface area (Å²) < 4.78 is 0. The zero-order valence-electron chi connectivity index (χ0n) is 14.1. The number of benzene rings is 1. The number of nitrogens with one attached hydrogen (secondary N) is 1. The van der Waals surface area contributed by atoms with E-state index in [9.17, 15) is 4.79 Å². The Balaban J connectivity index is 2.66. The number of aryl methyl sites for hydroxylation is 1. The summed E-state index contributed by atoms with van der Waals surface area (Å²) in [5.74, 6) is 0.805. The Morgan fingerprint density at radius 1 is 1.29 bits per heavy atom. The van der Waals surface area contributed by atoms with Crippen LogP contribution in [0.1, 0.15) is 57.6 Å². The largest absolute Gasteiger partial charge is 0.350 e. The average molecular weight is 290 g/mol. The fraction of sp³-hybridized carbons (Fsp3) is 0.611. The first-order valence-corrected chi connectivity index (χ1v) is 7.84. The Labute approximate surface area is 129 Å². The van der Waals surface area contributed by atoms with Crippen LogP contribution in [0.4, 0.5) is 0 Å². The Hall–Kier alpha value is -1.35. The van der Waals surface area contributed by atoms with E-state index in [2.05, 4.69) is 45.1 Å². The predicted octanol–water partition coefficient (Wildman–Crippen LogP) is 3.37. The first-order chi connectivity index (χ1) is 9.77. The quantitative estimate of drug-likeness (QED) is 0.809. The lowest BCUT2D eigenvalue weighted by Crippen LogP contribution is -2.52. The lowest BCUT2D eigenvalue weighted by atomic mass is 9.89. The third-order valence-corrected chi connectivity index (χ3v) is 3.96. The van der Waals surface area contributed by atoms with Gasteiger partial charge in [-0.25, -0.2) is 0 Å². The van der Waals surface area contributed by atoms with E-state index >= 15 is 0 Å². The molecule has 1 rings (SSSR count). The summed E-state index contributed by atoms with van der Waals surface area (Å²) in [5.41, 5.74) is 8.03. The number of carbonyl (C=O) groups excluding carboxylic acids is 1. The van der Waals surface area contributed by atoms with E-state index in [1.165, 1.54) is 11.1 Å². The maximum atomic E-state index is 12.3. The van der Waals surface area contributed by atoms with Crippen molar-refractivity contribution in [3.05, 3.63) is 35.4 Å². The molecule has 3 N–H and O–H groups in total. The SMILES string of the molecule is Cc1ccccc1C(C)CC(=O)NC(C)(CN)CC(C)C. The van der Waals surface area contributed by atoms with Gasteiger partial charge in [0.25, 0.3) is 0 Å². The first-order valence-electron chi connectivity index (χ1n) is 7.84. The molecular formula is C18H30N2O. The summed E-state index contributed by atoms with van der Waals surface area (Å²) in [6.45, 7) is 11.0. The van der Waals surface area contributed by atoms with Crippen LogP contribution in [0.25, 0.3) is 0 Å². The van der Waals surface area contributed by atoms with Crippen LogP contribution >= 0.6 is 0 Å². The summed E-state index contributed by atoms with van der Waals surface area (Å²) in [6, 6.07) is 8.25. The molecule has 0 aliphatic carbocycles. The number of hydrogen-bond donors (Lipinski definition) is 2. The maximum absolute atomic E-state index is 12.3. The molecule has 0 saturated heterocycles. The molecule has 0 aromatic heterocycles. The highest BCUT2D eigenvalue weighted by atomic mass is 16.1. The van der Waals surface area contributed by atoms with Gasteiger partial charge in [-0.15, -0.1) is 0 Å². The van der Waals surface area contributed by atoms with Gasteiger partial charge in [0.05, 0.1) is 0 Å². The van der Waals surface area contributed by atoms with Crippen molar-refractivity contribution >= 4 is 5.91 Å². The highest BCUT2D eigenvalue weighted by Gasteiger charge is 2.26. The molecule has 1 aromatic carbocycles. The number of rotatable bonds is 7. The Morgan fingerprint density at radius 3 is 2.43 bits per heavy atom. The van der Waals surface area contributed by atoms with Gasteiger partial charge in [-0.05, 0) is 43.2 Å². The molecule has 0 saturated carbocycles. The Kier molecular flexibility index (Phi) is 6.41. The van der Waals surface area contributed by atoms with E-state index in [0.29, 0.717) is 18.9 Å². The van der Waals surface area contributed by atoms with Crippen LogP contribution in [0.2, 0.25) is 0 Å². The van der Waals surface area contributed by atoms with Crippen LogP contribution in [0.5, 0.6) is 0 Å². The summed E-state index contributed by atoms with van der Waals surface area (Å²) >= 11 is 0. The van der Waals surface area contributed by atoms with Gasteiger partial charge >= 0.3 is 0 Å². The molecule has 0 bridgehead atoms. The number of amides is 1. The Bertz CT molecular complexity index is 470. The first kappa shape index (κ1) is 17.7. The predicted molar refractivity (Wildman–Crippen MR) is 89.3 cm³/mol. The van der Waals surface area contributed by atoms with E-state index in [1.807, 2.05) is 19.1 Å². The summed E-state index contributed by atoms with van der Waals surface area (Å²) in [4.78, 5) is 12.3. The molecule has 0 aliphatic heterocycles. The van der Waals surface area contributed by atoms with E-state index in [-0.39, 0.29) is 17.4 Å². The number of hydrogen-bond acceptors (Lipinski definition) is 2. The average Bonchev–Trinajstić information content (AvgIpc) is 2.37. The van der Waals surface area contributed by atoms with Gasteiger partial charge in [0.15, 0.2) is 0 Å². The van der Waals surface area contributed by atoms with Crippen molar-refractivity contribution in [1.82, 2.24) is 5.32 Å². The standard InChI is InChI=1S/C18H30N2O/c1-13(2)11-18(5,12-19)20-17(21)10-15(4)16-9-7-6-8-14(16)3/h6-9,13,15H,10-12,19H2,1-5H3,(H,20,21). The van der Waals surface area contributed by atoms with Crippen LogP contribution in [0.3, 0.4) is 0 Å². The number of carbonyl (C=O) groups is 1. The molecule has 0 fully saturated rings. The highest BCUT2D eigenvalue weighted by Crippen LogP contribution is 2.23. The van der Waals surface area contributed by atoms with Gasteiger partial charge in [-0.2, -0.15) is 0 Å². The lowest BCUT2D eigenvalue weighted by molar-refractivity contribution is -0.123. The van der Waals surface area contributed by atoms with Gasteiger partial charge in [0.2, 0.25) is 5.91 Å². The second-order valence-corrected chi connectivity index (χ2v) is 6.87. The molecular weight excluding hydrogens is 260 g/mol. The summed E-state index contributed by atoms with van der Waals surface area (Å²) in [5, 5.41) is 3.13.